The summed E-state index contributed by atoms with van der Waals surface area (Å²) in [5, 5.41) is 2.64. The minimum absolute atomic E-state index is 0.0669. The number of anilines is 1. The van der Waals surface area contributed by atoms with Crippen molar-refractivity contribution in [3.05, 3.63) is 119 Å². The number of halogens is 2. The Labute approximate surface area is 268 Å². The number of carbonyl (C=O) groups excluding carboxylic acids is 3. The molecule has 12 heteroatoms. The van der Waals surface area contributed by atoms with Gasteiger partial charge in [0.1, 0.15) is 29.5 Å². The third-order valence-corrected chi connectivity index (χ3v) is 8.96. The fourth-order valence-electron chi connectivity index (χ4n) is 5.15. The van der Waals surface area contributed by atoms with Crippen molar-refractivity contribution >= 4 is 57.8 Å². The number of furan rings is 1. The van der Waals surface area contributed by atoms with Gasteiger partial charge in [-0.05, 0) is 66.4 Å². The van der Waals surface area contributed by atoms with Crippen LogP contribution in [0.5, 0.6) is 0 Å². The number of nitrogens with one attached hydrogen (secondary N) is 1. The Morgan fingerprint density at radius 3 is 2.60 bits per heavy atom. The number of carbonyl (C=O) groups is 3. The molecular formula is C33H28ClFN4O5S. The smallest absolute Gasteiger partial charge is 0.410 e. The minimum Gasteiger partial charge on any atom is -0.467 e. The average Bonchev–Trinajstić information content (AvgIpc) is 3.81. The first-order valence-electron chi connectivity index (χ1n) is 14.3. The monoisotopic (exact) mass is 646 g/mol. The van der Waals surface area contributed by atoms with E-state index in [0.29, 0.717) is 47.3 Å². The third-order valence-electron chi connectivity index (χ3n) is 7.44. The lowest BCUT2D eigenvalue weighted by atomic mass is 10.1. The Kier molecular flexibility index (Phi) is 9.18. The Morgan fingerprint density at radius 2 is 1.87 bits per heavy atom. The summed E-state index contributed by atoms with van der Waals surface area (Å²) in [4.78, 5) is 47.1. The maximum absolute atomic E-state index is 13.7. The fourth-order valence-corrected chi connectivity index (χ4v) is 6.50. The van der Waals surface area contributed by atoms with Gasteiger partial charge < -0.3 is 14.5 Å². The van der Waals surface area contributed by atoms with Crippen LogP contribution in [-0.2, 0) is 27.5 Å². The van der Waals surface area contributed by atoms with Crippen LogP contribution in [0.4, 0.5) is 20.6 Å². The molecule has 9 nitrogen and oxygen atoms in total. The fraction of sp³-hybridized carbons (Fsp3) is 0.212. The highest BCUT2D eigenvalue weighted by Gasteiger charge is 2.40. The highest BCUT2D eigenvalue weighted by Crippen LogP contribution is 2.41. The number of ether oxygens (including phenoxy) is 1. The van der Waals surface area contributed by atoms with Crippen LogP contribution in [0.15, 0.2) is 101 Å². The molecule has 0 radical (unpaired) electrons. The van der Waals surface area contributed by atoms with Gasteiger partial charge in [-0.3, -0.25) is 19.4 Å². The van der Waals surface area contributed by atoms with Crippen LogP contribution in [-0.4, -0.2) is 45.5 Å². The number of hydrogen-bond donors (Lipinski definition) is 1. The van der Waals surface area contributed by atoms with Gasteiger partial charge in [-0.2, -0.15) is 0 Å². The van der Waals surface area contributed by atoms with E-state index in [4.69, 9.17) is 20.8 Å². The van der Waals surface area contributed by atoms with E-state index in [1.54, 1.807) is 36.4 Å². The summed E-state index contributed by atoms with van der Waals surface area (Å²) in [6.07, 6.45) is 2.23. The largest absolute Gasteiger partial charge is 0.467 e. The molecule has 2 saturated heterocycles. The molecule has 2 aliphatic heterocycles. The Balaban J connectivity index is 1.13. The van der Waals surface area contributed by atoms with Gasteiger partial charge in [-0.25, -0.2) is 14.2 Å². The molecule has 1 N–H and O–H groups in total. The minimum atomic E-state index is -0.645. The van der Waals surface area contributed by atoms with E-state index in [9.17, 15) is 18.8 Å². The first-order chi connectivity index (χ1) is 21.9. The van der Waals surface area contributed by atoms with Crippen LogP contribution in [0.1, 0.15) is 35.0 Å². The predicted octanol–water partition coefficient (Wildman–Crippen LogP) is 7.32. The number of aliphatic imine (C=N–C) groups is 1. The Bertz CT molecular complexity index is 1720. The molecule has 2 atom stereocenters. The second kappa shape index (κ2) is 13.6. The molecule has 45 heavy (non-hydrogen) atoms. The maximum atomic E-state index is 13.7. The highest BCUT2D eigenvalue weighted by molar-refractivity contribution is 8.15. The number of likely N-dealkylation sites (tertiary alicyclic amines) is 1. The van der Waals surface area contributed by atoms with Crippen molar-refractivity contribution < 1.29 is 27.9 Å². The lowest BCUT2D eigenvalue weighted by Crippen LogP contribution is -2.43. The lowest BCUT2D eigenvalue weighted by molar-refractivity contribution is -0.126. The summed E-state index contributed by atoms with van der Waals surface area (Å²) >= 11 is 7.21. The average molecular weight is 647 g/mol. The van der Waals surface area contributed by atoms with Crippen molar-refractivity contribution in [3.8, 4) is 0 Å². The predicted molar refractivity (Wildman–Crippen MR) is 170 cm³/mol. The second-order valence-corrected chi connectivity index (χ2v) is 12.0. The molecule has 0 bridgehead atoms. The summed E-state index contributed by atoms with van der Waals surface area (Å²) in [5.74, 6) is -0.481. The topological polar surface area (TPSA) is 104 Å². The third kappa shape index (κ3) is 7.05. The Morgan fingerprint density at radius 1 is 1.07 bits per heavy atom. The van der Waals surface area contributed by atoms with E-state index in [1.165, 1.54) is 46.0 Å². The number of benzene rings is 3. The van der Waals surface area contributed by atoms with E-state index in [2.05, 4.69) is 10.3 Å². The van der Waals surface area contributed by atoms with Crippen molar-refractivity contribution in [1.29, 1.82) is 0 Å². The van der Waals surface area contributed by atoms with Gasteiger partial charge in [-0.15, -0.1) is 0 Å². The van der Waals surface area contributed by atoms with Crippen LogP contribution in [0.2, 0.25) is 5.02 Å². The summed E-state index contributed by atoms with van der Waals surface area (Å²) in [6.45, 7) is 0.740. The van der Waals surface area contributed by atoms with Gasteiger partial charge in [0.2, 0.25) is 11.8 Å². The van der Waals surface area contributed by atoms with Crippen LogP contribution in [0.25, 0.3) is 0 Å². The molecule has 2 aliphatic rings. The van der Waals surface area contributed by atoms with Crippen molar-refractivity contribution in [3.63, 3.8) is 0 Å². The first-order valence-corrected chi connectivity index (χ1v) is 15.5. The van der Waals surface area contributed by atoms with Crippen LogP contribution < -0.4 is 5.32 Å². The molecule has 0 saturated carbocycles. The standard InChI is InChI=1S/C33H28ClFN4O5S/c34-26-18-24(14-15-27(26)35)37-32-39(19-25-8-5-17-43-25)31(41)29(45-32)22-10-12-23(13-11-22)36-30(40)28-9-4-16-38(28)33(42)44-20-21-6-2-1-3-7-21/h1-3,5-8,10-15,17-18,28-29H,4,9,16,19-20H2,(H,36,40)/t28-,29?/m0/s1. The Hall–Kier alpha value is -4.61. The van der Waals surface area contributed by atoms with Crippen molar-refractivity contribution in [2.24, 2.45) is 4.99 Å². The molecule has 3 aromatic carbocycles. The van der Waals surface area contributed by atoms with Gasteiger partial charge in [0.25, 0.3) is 0 Å². The van der Waals surface area contributed by atoms with E-state index in [0.717, 1.165) is 5.56 Å². The molecule has 3 heterocycles. The van der Waals surface area contributed by atoms with Gasteiger partial charge in [0.15, 0.2) is 5.17 Å². The SMILES string of the molecule is O=C(Nc1ccc(C2SC(=Nc3ccc(F)c(Cl)c3)N(Cc3ccco3)C2=O)cc1)[C@@H]1CCCN1C(=O)OCc1ccccc1. The maximum Gasteiger partial charge on any atom is 0.410 e. The van der Waals surface area contributed by atoms with Gasteiger partial charge in [0.05, 0.1) is 23.5 Å². The molecule has 0 aliphatic carbocycles. The zero-order chi connectivity index (χ0) is 31.3. The number of amides is 3. The molecular weight excluding hydrogens is 619 g/mol. The lowest BCUT2D eigenvalue weighted by Gasteiger charge is -2.23. The van der Waals surface area contributed by atoms with E-state index in [1.807, 2.05) is 30.3 Å². The normalized spacial score (nSPS) is 18.9. The van der Waals surface area contributed by atoms with Gasteiger partial charge in [-0.1, -0.05) is 65.8 Å². The zero-order valence-corrected chi connectivity index (χ0v) is 25.5. The number of hydrogen-bond acceptors (Lipinski definition) is 7. The summed E-state index contributed by atoms with van der Waals surface area (Å²) in [6, 6.07) is 23.3. The molecule has 3 amide bonds. The molecule has 1 aromatic heterocycles. The van der Waals surface area contributed by atoms with Crippen LogP contribution >= 0.6 is 23.4 Å². The quantitative estimate of drug-likeness (QED) is 0.215. The van der Waals surface area contributed by atoms with Gasteiger partial charge in [0, 0.05) is 12.2 Å². The molecule has 1 unspecified atom stereocenters. The zero-order valence-electron chi connectivity index (χ0n) is 23.9. The highest BCUT2D eigenvalue weighted by atomic mass is 35.5. The summed E-state index contributed by atoms with van der Waals surface area (Å²) in [5.41, 5.74) is 2.52. The number of rotatable bonds is 8. The number of nitrogens with zero attached hydrogens (tertiary/aromatic N) is 3. The summed E-state index contributed by atoms with van der Waals surface area (Å²) in [7, 11) is 0. The van der Waals surface area contributed by atoms with Crippen LogP contribution in [0, 0.1) is 5.82 Å². The molecule has 4 aromatic rings. The molecule has 0 spiro atoms. The van der Waals surface area contributed by atoms with Gasteiger partial charge >= 0.3 is 6.09 Å². The van der Waals surface area contributed by atoms with Crippen molar-refractivity contribution in [2.75, 3.05) is 11.9 Å². The van der Waals surface area contributed by atoms with E-state index < -0.39 is 23.2 Å². The van der Waals surface area contributed by atoms with Crippen molar-refractivity contribution in [2.45, 2.75) is 37.3 Å². The molecule has 230 valence electrons. The van der Waals surface area contributed by atoms with Crippen LogP contribution in [0.3, 0.4) is 0 Å². The summed E-state index contributed by atoms with van der Waals surface area (Å²) < 4.78 is 24.6. The van der Waals surface area contributed by atoms with E-state index in [-0.39, 0.29) is 30.0 Å². The molecule has 2 fully saturated rings. The number of amidine groups is 1. The van der Waals surface area contributed by atoms with Crippen molar-refractivity contribution in [1.82, 2.24) is 9.80 Å². The first kappa shape index (κ1) is 30.4. The molecule has 6 rings (SSSR count). The second-order valence-electron chi connectivity index (χ2n) is 10.5. The van der Waals surface area contributed by atoms with E-state index >= 15 is 0 Å². The number of thioether (sulfide) groups is 1.